The van der Waals surface area contributed by atoms with Gasteiger partial charge in [0.05, 0.1) is 11.4 Å². The van der Waals surface area contributed by atoms with Crippen LogP contribution in [0.1, 0.15) is 29.5 Å². The maximum absolute atomic E-state index is 11.2. The SMILES string of the molecule is CCCC(=O)NCc1ccc(C#CCO)s1. The lowest BCUT2D eigenvalue weighted by atomic mass is 10.3. The summed E-state index contributed by atoms with van der Waals surface area (Å²) in [4.78, 5) is 13.2. The minimum absolute atomic E-state index is 0.0823. The van der Waals surface area contributed by atoms with Gasteiger partial charge in [-0.25, -0.2) is 0 Å². The molecule has 1 rings (SSSR count). The van der Waals surface area contributed by atoms with Gasteiger partial charge in [-0.15, -0.1) is 11.3 Å². The van der Waals surface area contributed by atoms with Gasteiger partial charge in [-0.1, -0.05) is 18.8 Å². The molecule has 4 heteroatoms. The van der Waals surface area contributed by atoms with Crippen molar-refractivity contribution in [1.82, 2.24) is 5.32 Å². The summed E-state index contributed by atoms with van der Waals surface area (Å²) >= 11 is 1.53. The molecule has 0 radical (unpaired) electrons. The second kappa shape index (κ2) is 7.04. The van der Waals surface area contributed by atoms with Crippen molar-refractivity contribution >= 4 is 17.2 Å². The van der Waals surface area contributed by atoms with Gasteiger partial charge in [0, 0.05) is 11.3 Å². The molecule has 0 aliphatic rings. The highest BCUT2D eigenvalue weighted by Crippen LogP contribution is 2.14. The van der Waals surface area contributed by atoms with E-state index in [0.29, 0.717) is 13.0 Å². The number of aliphatic hydroxyl groups is 1. The number of amides is 1. The van der Waals surface area contributed by atoms with E-state index in [9.17, 15) is 4.79 Å². The fourth-order valence-corrected chi connectivity index (χ4v) is 1.99. The molecule has 2 N–H and O–H groups in total. The Hall–Kier alpha value is -1.31. The second-order valence-electron chi connectivity index (χ2n) is 3.25. The van der Waals surface area contributed by atoms with E-state index in [4.69, 9.17) is 5.11 Å². The molecule has 0 atom stereocenters. The molecule has 0 saturated carbocycles. The lowest BCUT2D eigenvalue weighted by Crippen LogP contribution is -2.21. The maximum atomic E-state index is 11.2. The van der Waals surface area contributed by atoms with Crippen molar-refractivity contribution < 1.29 is 9.90 Å². The number of carbonyl (C=O) groups excluding carboxylic acids is 1. The van der Waals surface area contributed by atoms with Gasteiger partial charge >= 0.3 is 0 Å². The van der Waals surface area contributed by atoms with Crippen LogP contribution >= 0.6 is 11.3 Å². The molecular weight excluding hydrogens is 222 g/mol. The number of rotatable bonds is 4. The van der Waals surface area contributed by atoms with Gasteiger partial charge in [0.1, 0.15) is 6.61 Å². The third kappa shape index (κ3) is 4.47. The zero-order valence-corrected chi connectivity index (χ0v) is 10.1. The first-order valence-electron chi connectivity index (χ1n) is 5.21. The number of hydrogen-bond acceptors (Lipinski definition) is 3. The average Bonchev–Trinajstić information content (AvgIpc) is 2.72. The fourth-order valence-electron chi connectivity index (χ4n) is 1.17. The zero-order valence-electron chi connectivity index (χ0n) is 9.25. The van der Waals surface area contributed by atoms with Crippen molar-refractivity contribution in [3.05, 3.63) is 21.9 Å². The highest BCUT2D eigenvalue weighted by atomic mass is 32.1. The van der Waals surface area contributed by atoms with Crippen molar-refractivity contribution in [3.63, 3.8) is 0 Å². The van der Waals surface area contributed by atoms with Crippen LogP contribution in [0.25, 0.3) is 0 Å². The Kier molecular flexibility index (Phi) is 5.62. The van der Waals surface area contributed by atoms with Crippen LogP contribution in [0, 0.1) is 11.8 Å². The predicted octanol–water partition coefficient (Wildman–Crippen LogP) is 1.51. The van der Waals surface area contributed by atoms with E-state index in [1.54, 1.807) is 0 Å². The Labute approximate surface area is 99.5 Å². The van der Waals surface area contributed by atoms with Crippen molar-refractivity contribution in [2.75, 3.05) is 6.61 Å². The number of thiophene rings is 1. The monoisotopic (exact) mass is 237 g/mol. The molecule has 3 nitrogen and oxygen atoms in total. The summed E-state index contributed by atoms with van der Waals surface area (Å²) in [6.45, 7) is 2.41. The van der Waals surface area contributed by atoms with E-state index >= 15 is 0 Å². The Morgan fingerprint density at radius 1 is 1.56 bits per heavy atom. The van der Waals surface area contributed by atoms with Gasteiger partial charge in [0.15, 0.2) is 0 Å². The highest BCUT2D eigenvalue weighted by molar-refractivity contribution is 7.12. The number of aliphatic hydroxyl groups excluding tert-OH is 1. The fraction of sp³-hybridized carbons (Fsp3) is 0.417. The zero-order chi connectivity index (χ0) is 11.8. The first-order chi connectivity index (χ1) is 7.76. The lowest BCUT2D eigenvalue weighted by molar-refractivity contribution is -0.121. The van der Waals surface area contributed by atoms with Crippen LogP contribution in [0.2, 0.25) is 0 Å². The highest BCUT2D eigenvalue weighted by Gasteiger charge is 2.01. The molecule has 0 aromatic carbocycles. The summed E-state index contributed by atoms with van der Waals surface area (Å²) in [5, 5.41) is 11.4. The molecule has 86 valence electrons. The summed E-state index contributed by atoms with van der Waals surface area (Å²) in [5.41, 5.74) is 0. The average molecular weight is 237 g/mol. The topological polar surface area (TPSA) is 49.3 Å². The Morgan fingerprint density at radius 3 is 3.06 bits per heavy atom. The molecule has 16 heavy (non-hydrogen) atoms. The molecule has 0 fully saturated rings. The van der Waals surface area contributed by atoms with Gasteiger partial charge in [-0.05, 0) is 18.6 Å². The molecule has 0 aliphatic heterocycles. The normalized spacial score (nSPS) is 9.38. The van der Waals surface area contributed by atoms with Crippen LogP contribution in [0.4, 0.5) is 0 Å². The first-order valence-corrected chi connectivity index (χ1v) is 6.03. The van der Waals surface area contributed by atoms with Crippen molar-refractivity contribution in [1.29, 1.82) is 0 Å². The summed E-state index contributed by atoms with van der Waals surface area (Å²) in [6.07, 6.45) is 1.44. The lowest BCUT2D eigenvalue weighted by Gasteiger charge is -2.00. The van der Waals surface area contributed by atoms with E-state index in [1.807, 2.05) is 19.1 Å². The summed E-state index contributed by atoms with van der Waals surface area (Å²) in [6, 6.07) is 3.84. The third-order valence-electron chi connectivity index (χ3n) is 1.89. The summed E-state index contributed by atoms with van der Waals surface area (Å²) < 4.78 is 0. The summed E-state index contributed by atoms with van der Waals surface area (Å²) in [7, 11) is 0. The molecule has 0 bridgehead atoms. The minimum Gasteiger partial charge on any atom is -0.384 e. The number of nitrogens with one attached hydrogen (secondary N) is 1. The standard InChI is InChI=1S/C12H15NO2S/c1-2-4-12(15)13-9-11-7-6-10(16-11)5-3-8-14/h6-7,14H,2,4,8-9H2,1H3,(H,13,15). The van der Waals surface area contributed by atoms with Crippen LogP contribution in [0.15, 0.2) is 12.1 Å². The van der Waals surface area contributed by atoms with Crippen LogP contribution in [-0.2, 0) is 11.3 Å². The molecule has 1 aromatic heterocycles. The van der Waals surface area contributed by atoms with E-state index in [-0.39, 0.29) is 12.5 Å². The molecule has 1 aromatic rings. The Bertz CT molecular complexity index is 401. The van der Waals surface area contributed by atoms with E-state index in [1.165, 1.54) is 11.3 Å². The van der Waals surface area contributed by atoms with E-state index in [0.717, 1.165) is 16.2 Å². The van der Waals surface area contributed by atoms with Gasteiger partial charge in [-0.3, -0.25) is 4.79 Å². The predicted molar refractivity (Wildman–Crippen MR) is 65.0 cm³/mol. The molecule has 0 spiro atoms. The molecule has 0 aliphatic carbocycles. The van der Waals surface area contributed by atoms with Gasteiger partial charge in [-0.2, -0.15) is 0 Å². The second-order valence-corrected chi connectivity index (χ2v) is 4.42. The van der Waals surface area contributed by atoms with E-state index < -0.39 is 0 Å². The van der Waals surface area contributed by atoms with Crippen molar-refractivity contribution in [3.8, 4) is 11.8 Å². The van der Waals surface area contributed by atoms with E-state index in [2.05, 4.69) is 17.2 Å². The summed E-state index contributed by atoms with van der Waals surface area (Å²) in [5.74, 6) is 5.51. The minimum atomic E-state index is -0.125. The van der Waals surface area contributed by atoms with Crippen LogP contribution in [0.5, 0.6) is 0 Å². The van der Waals surface area contributed by atoms with Crippen LogP contribution in [0.3, 0.4) is 0 Å². The van der Waals surface area contributed by atoms with Gasteiger partial charge in [0.2, 0.25) is 5.91 Å². The number of carbonyl (C=O) groups is 1. The van der Waals surface area contributed by atoms with Crippen LogP contribution in [-0.4, -0.2) is 17.6 Å². The van der Waals surface area contributed by atoms with Gasteiger partial charge in [0.25, 0.3) is 0 Å². The third-order valence-corrected chi connectivity index (χ3v) is 2.89. The van der Waals surface area contributed by atoms with Crippen LogP contribution < -0.4 is 5.32 Å². The largest absolute Gasteiger partial charge is 0.384 e. The van der Waals surface area contributed by atoms with Gasteiger partial charge < -0.3 is 10.4 Å². The molecular formula is C12H15NO2S. The maximum Gasteiger partial charge on any atom is 0.220 e. The molecule has 1 amide bonds. The van der Waals surface area contributed by atoms with Crippen molar-refractivity contribution in [2.45, 2.75) is 26.3 Å². The molecule has 0 unspecified atom stereocenters. The number of hydrogen-bond donors (Lipinski definition) is 2. The Balaban J connectivity index is 2.43. The molecule has 0 saturated heterocycles. The Morgan fingerprint density at radius 2 is 2.38 bits per heavy atom. The smallest absolute Gasteiger partial charge is 0.220 e. The molecule has 1 heterocycles. The van der Waals surface area contributed by atoms with Crippen molar-refractivity contribution in [2.24, 2.45) is 0 Å². The quantitative estimate of drug-likeness (QED) is 0.780. The first kappa shape index (κ1) is 12.8.